The average Bonchev–Trinajstić information content (AvgIpc) is 2.90. The molecule has 2 aromatic rings. The summed E-state index contributed by atoms with van der Waals surface area (Å²) >= 11 is 0. The molecule has 0 fully saturated rings. The largest absolute Gasteiger partial charge is 0.312 e. The van der Waals surface area contributed by atoms with Crippen molar-refractivity contribution in [2.24, 2.45) is 5.92 Å². The van der Waals surface area contributed by atoms with Crippen LogP contribution in [0.25, 0.3) is 5.69 Å². The van der Waals surface area contributed by atoms with Crippen molar-refractivity contribution >= 4 is 0 Å². The van der Waals surface area contributed by atoms with Crippen molar-refractivity contribution in [2.75, 3.05) is 7.05 Å². The van der Waals surface area contributed by atoms with Gasteiger partial charge < -0.3 is 5.32 Å². The van der Waals surface area contributed by atoms with Gasteiger partial charge in [-0.2, -0.15) is 15.0 Å². The zero-order valence-electron chi connectivity index (χ0n) is 11.9. The summed E-state index contributed by atoms with van der Waals surface area (Å²) in [5.41, 5.74) is 2.00. The van der Waals surface area contributed by atoms with Crippen molar-refractivity contribution in [1.29, 1.82) is 0 Å². The smallest absolute Gasteiger partial charge is 0.100 e. The number of aromatic nitrogens is 3. The van der Waals surface area contributed by atoms with Crippen LogP contribution < -0.4 is 5.32 Å². The van der Waals surface area contributed by atoms with Gasteiger partial charge in [0, 0.05) is 0 Å². The van der Waals surface area contributed by atoms with Gasteiger partial charge in [-0.05, 0) is 37.9 Å². The van der Waals surface area contributed by atoms with E-state index in [-0.39, 0.29) is 6.04 Å². The van der Waals surface area contributed by atoms with Gasteiger partial charge in [0.25, 0.3) is 0 Å². The Morgan fingerprint density at radius 2 is 1.89 bits per heavy atom. The quantitative estimate of drug-likeness (QED) is 0.866. The molecule has 0 radical (unpaired) electrons. The normalized spacial score (nSPS) is 12.8. The third kappa shape index (κ3) is 3.64. The van der Waals surface area contributed by atoms with Gasteiger partial charge in [-0.25, -0.2) is 0 Å². The molecule has 1 aromatic carbocycles. The molecule has 1 unspecified atom stereocenters. The van der Waals surface area contributed by atoms with Gasteiger partial charge in [-0.3, -0.25) is 0 Å². The number of hydrogen-bond donors (Lipinski definition) is 1. The molecule has 4 heteroatoms. The van der Waals surface area contributed by atoms with Crippen LogP contribution in [-0.2, 0) is 0 Å². The molecule has 19 heavy (non-hydrogen) atoms. The topological polar surface area (TPSA) is 42.7 Å². The molecule has 0 amide bonds. The van der Waals surface area contributed by atoms with Crippen LogP contribution in [0.5, 0.6) is 0 Å². The molecule has 4 nitrogen and oxygen atoms in total. The first kappa shape index (κ1) is 13.7. The van der Waals surface area contributed by atoms with E-state index in [0.717, 1.165) is 17.8 Å². The van der Waals surface area contributed by atoms with E-state index in [1.807, 2.05) is 43.6 Å². The zero-order chi connectivity index (χ0) is 13.7. The van der Waals surface area contributed by atoms with E-state index in [1.165, 1.54) is 6.42 Å². The van der Waals surface area contributed by atoms with Gasteiger partial charge in [0.05, 0.1) is 17.9 Å². The molecular weight excluding hydrogens is 236 g/mol. The van der Waals surface area contributed by atoms with E-state index >= 15 is 0 Å². The molecule has 0 saturated heterocycles. The molecule has 0 aliphatic carbocycles. The van der Waals surface area contributed by atoms with Crippen molar-refractivity contribution in [3.8, 4) is 5.69 Å². The van der Waals surface area contributed by atoms with Crippen molar-refractivity contribution in [2.45, 2.75) is 32.7 Å². The summed E-state index contributed by atoms with van der Waals surface area (Å²) in [5.74, 6) is 0.708. The fraction of sp³-hybridized carbons (Fsp3) is 0.467. The zero-order valence-corrected chi connectivity index (χ0v) is 11.9. The second kappa shape index (κ2) is 6.48. The summed E-state index contributed by atoms with van der Waals surface area (Å²) in [7, 11) is 1.98. The molecule has 2 rings (SSSR count). The Morgan fingerprint density at radius 3 is 2.53 bits per heavy atom. The third-order valence-corrected chi connectivity index (χ3v) is 3.23. The summed E-state index contributed by atoms with van der Waals surface area (Å²) in [6, 6.07) is 10.3. The molecule has 1 heterocycles. The van der Waals surface area contributed by atoms with Crippen LogP contribution in [0, 0.1) is 5.92 Å². The van der Waals surface area contributed by atoms with Gasteiger partial charge in [0.15, 0.2) is 0 Å². The van der Waals surface area contributed by atoms with E-state index in [2.05, 4.69) is 29.4 Å². The third-order valence-electron chi connectivity index (χ3n) is 3.23. The first-order chi connectivity index (χ1) is 9.20. The number of hydrogen-bond acceptors (Lipinski definition) is 3. The summed E-state index contributed by atoms with van der Waals surface area (Å²) in [5, 5.41) is 12.2. The number of rotatable bonds is 6. The summed E-state index contributed by atoms with van der Waals surface area (Å²) in [4.78, 5) is 1.69. The van der Waals surface area contributed by atoms with Crippen LogP contribution >= 0.6 is 0 Å². The highest BCUT2D eigenvalue weighted by Gasteiger charge is 2.14. The minimum atomic E-state index is 0.278. The molecule has 1 atom stereocenters. The van der Waals surface area contributed by atoms with E-state index in [9.17, 15) is 0 Å². The number of benzene rings is 1. The van der Waals surface area contributed by atoms with E-state index in [4.69, 9.17) is 0 Å². The maximum absolute atomic E-state index is 4.57. The lowest BCUT2D eigenvalue weighted by atomic mass is 10.0. The predicted octanol–water partition coefficient (Wildman–Crippen LogP) is 2.96. The fourth-order valence-corrected chi connectivity index (χ4v) is 2.06. The molecule has 0 aliphatic heterocycles. The van der Waals surface area contributed by atoms with Crippen LogP contribution in [0.15, 0.2) is 36.5 Å². The highest BCUT2D eigenvalue weighted by molar-refractivity contribution is 5.28. The maximum atomic E-state index is 4.57. The first-order valence-electron chi connectivity index (χ1n) is 6.85. The number of para-hydroxylation sites is 1. The Bertz CT molecular complexity index is 490. The molecular formula is C15H22N4. The molecule has 1 N–H and O–H groups in total. The minimum Gasteiger partial charge on any atom is -0.312 e. The van der Waals surface area contributed by atoms with Crippen LogP contribution in [0.4, 0.5) is 0 Å². The Hall–Kier alpha value is -1.68. The van der Waals surface area contributed by atoms with Crippen LogP contribution in [0.2, 0.25) is 0 Å². The summed E-state index contributed by atoms with van der Waals surface area (Å²) in [6.07, 6.45) is 4.12. The van der Waals surface area contributed by atoms with Gasteiger partial charge in [0.2, 0.25) is 0 Å². The van der Waals surface area contributed by atoms with Gasteiger partial charge in [-0.1, -0.05) is 32.0 Å². The lowest BCUT2D eigenvalue weighted by molar-refractivity contribution is 0.456. The fourth-order valence-electron chi connectivity index (χ4n) is 2.06. The Kier molecular flexibility index (Phi) is 4.68. The van der Waals surface area contributed by atoms with Crippen LogP contribution in [0.3, 0.4) is 0 Å². The van der Waals surface area contributed by atoms with Gasteiger partial charge >= 0.3 is 0 Å². The van der Waals surface area contributed by atoms with Crippen molar-refractivity contribution < 1.29 is 0 Å². The average molecular weight is 258 g/mol. The molecule has 0 saturated carbocycles. The molecule has 0 aliphatic rings. The number of nitrogens with one attached hydrogen (secondary N) is 1. The monoisotopic (exact) mass is 258 g/mol. The van der Waals surface area contributed by atoms with Crippen LogP contribution in [0.1, 0.15) is 38.4 Å². The van der Waals surface area contributed by atoms with Crippen molar-refractivity contribution in [1.82, 2.24) is 20.3 Å². The molecule has 1 aromatic heterocycles. The highest BCUT2D eigenvalue weighted by Crippen LogP contribution is 2.19. The van der Waals surface area contributed by atoms with E-state index in [0.29, 0.717) is 5.92 Å². The minimum absolute atomic E-state index is 0.278. The van der Waals surface area contributed by atoms with Gasteiger partial charge in [0.1, 0.15) is 5.69 Å². The Morgan fingerprint density at radius 1 is 1.16 bits per heavy atom. The lowest BCUT2D eigenvalue weighted by Gasteiger charge is -2.14. The lowest BCUT2D eigenvalue weighted by Crippen LogP contribution is -2.17. The first-order valence-corrected chi connectivity index (χ1v) is 6.85. The van der Waals surface area contributed by atoms with E-state index < -0.39 is 0 Å². The van der Waals surface area contributed by atoms with E-state index in [1.54, 1.807) is 4.80 Å². The highest BCUT2D eigenvalue weighted by atomic mass is 15.5. The van der Waals surface area contributed by atoms with Gasteiger partial charge in [-0.15, -0.1) is 0 Å². The predicted molar refractivity (Wildman–Crippen MR) is 77.2 cm³/mol. The summed E-state index contributed by atoms with van der Waals surface area (Å²) < 4.78 is 0. The second-order valence-corrected chi connectivity index (χ2v) is 5.21. The van der Waals surface area contributed by atoms with Crippen LogP contribution in [-0.4, -0.2) is 22.0 Å². The molecule has 0 bridgehead atoms. The Labute approximate surface area is 114 Å². The SMILES string of the molecule is CNC(CCC(C)C)c1cnn(-c2ccccc2)n1. The standard InChI is InChI=1S/C15H22N4/c1-12(2)9-10-14(16-3)15-11-17-19(18-15)13-7-5-4-6-8-13/h4-8,11-12,14,16H,9-10H2,1-3H3. The maximum Gasteiger partial charge on any atom is 0.100 e. The number of nitrogens with zero attached hydrogens (tertiary/aromatic N) is 3. The molecule has 102 valence electrons. The van der Waals surface area contributed by atoms with Crippen molar-refractivity contribution in [3.05, 3.63) is 42.2 Å². The van der Waals surface area contributed by atoms with Crippen molar-refractivity contribution in [3.63, 3.8) is 0 Å². The summed E-state index contributed by atoms with van der Waals surface area (Å²) in [6.45, 7) is 4.49. The Balaban J connectivity index is 2.11. The second-order valence-electron chi connectivity index (χ2n) is 5.21. The molecule has 0 spiro atoms.